The van der Waals surface area contributed by atoms with Gasteiger partial charge in [-0.2, -0.15) is 0 Å². The number of aryl methyl sites for hydroxylation is 2. The number of thiocarbonyl (C=S) groups is 1. The van der Waals surface area contributed by atoms with Crippen LogP contribution in [0.4, 0.5) is 5.69 Å². The summed E-state index contributed by atoms with van der Waals surface area (Å²) in [6, 6.07) is 13.6. The van der Waals surface area contributed by atoms with E-state index in [1.54, 1.807) is 25.1 Å². The summed E-state index contributed by atoms with van der Waals surface area (Å²) in [5.41, 5.74) is 3.65. The van der Waals surface area contributed by atoms with Crippen LogP contribution in [0.2, 0.25) is 5.02 Å². The quantitative estimate of drug-likeness (QED) is 0.406. The van der Waals surface area contributed by atoms with Crippen LogP contribution in [0.5, 0.6) is 0 Å². The second kappa shape index (κ2) is 10.1. The van der Waals surface area contributed by atoms with Crippen molar-refractivity contribution in [1.29, 1.82) is 0 Å². The molecule has 26 heavy (non-hydrogen) atoms. The molecular formula is C20H23ClN2O2S. The maximum atomic E-state index is 11.7. The minimum absolute atomic E-state index is 0.311. The molecule has 0 saturated heterocycles. The average Bonchev–Trinajstić information content (AvgIpc) is 2.60. The van der Waals surface area contributed by atoms with E-state index in [-0.39, 0.29) is 0 Å². The van der Waals surface area contributed by atoms with Crippen molar-refractivity contribution < 1.29 is 9.53 Å². The van der Waals surface area contributed by atoms with Crippen LogP contribution < -0.4 is 10.6 Å². The van der Waals surface area contributed by atoms with E-state index in [0.29, 0.717) is 22.3 Å². The van der Waals surface area contributed by atoms with E-state index in [1.165, 1.54) is 11.1 Å². The van der Waals surface area contributed by atoms with Gasteiger partial charge in [0.15, 0.2) is 5.11 Å². The third kappa shape index (κ3) is 6.32. The molecule has 2 aromatic carbocycles. The minimum Gasteiger partial charge on any atom is -0.462 e. The molecule has 0 fully saturated rings. The zero-order valence-corrected chi connectivity index (χ0v) is 16.5. The summed E-state index contributed by atoms with van der Waals surface area (Å²) in [6.07, 6.45) is 1.98. The summed E-state index contributed by atoms with van der Waals surface area (Å²) in [7, 11) is 0. The molecule has 0 aliphatic carbocycles. The van der Waals surface area contributed by atoms with Gasteiger partial charge in [-0.3, -0.25) is 0 Å². The van der Waals surface area contributed by atoms with Crippen LogP contribution in [-0.4, -0.2) is 24.2 Å². The summed E-state index contributed by atoms with van der Waals surface area (Å²) in [4.78, 5) is 11.7. The molecule has 0 aliphatic rings. The molecule has 2 aromatic rings. The Morgan fingerprint density at radius 2 is 1.92 bits per heavy atom. The van der Waals surface area contributed by atoms with Gasteiger partial charge in [-0.15, -0.1) is 0 Å². The van der Waals surface area contributed by atoms with E-state index in [4.69, 9.17) is 28.6 Å². The maximum Gasteiger partial charge on any atom is 0.339 e. The minimum atomic E-state index is -0.430. The Bertz CT molecular complexity index is 763. The highest BCUT2D eigenvalue weighted by Crippen LogP contribution is 2.21. The monoisotopic (exact) mass is 390 g/mol. The van der Waals surface area contributed by atoms with Gasteiger partial charge >= 0.3 is 5.97 Å². The van der Waals surface area contributed by atoms with Gasteiger partial charge in [0.25, 0.3) is 0 Å². The number of anilines is 1. The molecule has 0 aliphatic heterocycles. The number of carbonyl (C=O) groups excluding carboxylic acids is 1. The predicted molar refractivity (Wildman–Crippen MR) is 111 cm³/mol. The predicted octanol–water partition coefficient (Wildman–Crippen LogP) is 4.74. The Hall–Kier alpha value is -2.11. The number of hydrogen-bond acceptors (Lipinski definition) is 3. The zero-order chi connectivity index (χ0) is 18.9. The van der Waals surface area contributed by atoms with E-state index in [1.807, 2.05) is 0 Å². The lowest BCUT2D eigenvalue weighted by molar-refractivity contribution is 0.0526. The van der Waals surface area contributed by atoms with E-state index < -0.39 is 5.97 Å². The zero-order valence-electron chi connectivity index (χ0n) is 15.0. The number of benzene rings is 2. The van der Waals surface area contributed by atoms with Gasteiger partial charge in [0.1, 0.15) is 0 Å². The van der Waals surface area contributed by atoms with Crippen LogP contribution in [0, 0.1) is 6.92 Å². The normalized spacial score (nSPS) is 10.3. The topological polar surface area (TPSA) is 50.4 Å². The lowest BCUT2D eigenvalue weighted by Gasteiger charge is -2.12. The van der Waals surface area contributed by atoms with Gasteiger partial charge in [0.2, 0.25) is 0 Å². The molecule has 4 nitrogen and oxygen atoms in total. The number of esters is 1. The van der Waals surface area contributed by atoms with Gasteiger partial charge in [0, 0.05) is 12.2 Å². The average molecular weight is 391 g/mol. The molecule has 0 spiro atoms. The summed E-state index contributed by atoms with van der Waals surface area (Å²) < 4.78 is 4.96. The number of carbonyl (C=O) groups is 1. The number of rotatable bonds is 7. The van der Waals surface area contributed by atoms with Crippen molar-refractivity contribution in [3.8, 4) is 0 Å². The van der Waals surface area contributed by atoms with Gasteiger partial charge < -0.3 is 15.4 Å². The molecule has 0 radical (unpaired) electrons. The second-order valence-corrected chi connectivity index (χ2v) is 6.70. The van der Waals surface area contributed by atoms with Gasteiger partial charge in [-0.25, -0.2) is 4.79 Å². The van der Waals surface area contributed by atoms with Crippen LogP contribution >= 0.6 is 23.8 Å². The van der Waals surface area contributed by atoms with E-state index >= 15 is 0 Å². The van der Waals surface area contributed by atoms with Crippen molar-refractivity contribution in [2.75, 3.05) is 18.5 Å². The highest BCUT2D eigenvalue weighted by molar-refractivity contribution is 7.80. The van der Waals surface area contributed by atoms with Gasteiger partial charge in [-0.1, -0.05) is 41.4 Å². The first kappa shape index (κ1) is 20.2. The van der Waals surface area contributed by atoms with Crippen LogP contribution in [0.1, 0.15) is 34.8 Å². The molecule has 2 N–H and O–H groups in total. The first-order valence-corrected chi connectivity index (χ1v) is 9.35. The van der Waals surface area contributed by atoms with Crippen LogP contribution in [-0.2, 0) is 11.2 Å². The largest absolute Gasteiger partial charge is 0.462 e. The Labute approximate surface area is 164 Å². The fourth-order valence-corrected chi connectivity index (χ4v) is 2.87. The number of nitrogens with one attached hydrogen (secondary N) is 2. The van der Waals surface area contributed by atoms with Crippen molar-refractivity contribution in [1.82, 2.24) is 5.32 Å². The second-order valence-electron chi connectivity index (χ2n) is 5.89. The SMILES string of the molecule is CCOC(=O)c1ccc(NC(=S)NCCCc2ccc(C)cc2)cc1Cl. The highest BCUT2D eigenvalue weighted by Gasteiger charge is 2.12. The summed E-state index contributed by atoms with van der Waals surface area (Å²) in [6.45, 7) is 4.92. The number of ether oxygens (including phenoxy) is 1. The third-order valence-corrected chi connectivity index (χ3v) is 4.33. The number of hydrogen-bond donors (Lipinski definition) is 2. The highest BCUT2D eigenvalue weighted by atomic mass is 35.5. The fourth-order valence-electron chi connectivity index (χ4n) is 2.39. The molecule has 0 bridgehead atoms. The van der Waals surface area contributed by atoms with Crippen LogP contribution in [0.3, 0.4) is 0 Å². The van der Waals surface area contributed by atoms with Crippen LogP contribution in [0.15, 0.2) is 42.5 Å². The van der Waals surface area contributed by atoms with E-state index in [2.05, 4.69) is 41.8 Å². The van der Waals surface area contributed by atoms with Crippen LogP contribution in [0.25, 0.3) is 0 Å². The van der Waals surface area contributed by atoms with Crippen molar-refractivity contribution in [3.63, 3.8) is 0 Å². The molecule has 6 heteroatoms. The lowest BCUT2D eigenvalue weighted by atomic mass is 10.1. The van der Waals surface area contributed by atoms with Crippen molar-refractivity contribution in [3.05, 3.63) is 64.2 Å². The van der Waals surface area contributed by atoms with Crippen molar-refractivity contribution in [2.45, 2.75) is 26.7 Å². The Morgan fingerprint density at radius 1 is 1.19 bits per heavy atom. The molecule has 0 saturated carbocycles. The van der Waals surface area contributed by atoms with E-state index in [0.717, 1.165) is 25.1 Å². The first-order chi connectivity index (χ1) is 12.5. The standard InChI is InChI=1S/C20H23ClN2O2S/c1-3-25-19(24)17-11-10-16(13-18(17)21)23-20(26)22-12-4-5-15-8-6-14(2)7-9-15/h6-11,13H,3-5,12H2,1-2H3,(H2,22,23,26). The molecular weight excluding hydrogens is 368 g/mol. The molecule has 0 unspecified atom stereocenters. The van der Waals surface area contributed by atoms with Crippen molar-refractivity contribution >= 4 is 40.6 Å². The summed E-state index contributed by atoms with van der Waals surface area (Å²) in [5.74, 6) is -0.430. The molecule has 2 rings (SSSR count). The Balaban J connectivity index is 1.77. The smallest absolute Gasteiger partial charge is 0.339 e. The molecule has 0 aromatic heterocycles. The fraction of sp³-hybridized carbons (Fsp3) is 0.300. The summed E-state index contributed by atoms with van der Waals surface area (Å²) >= 11 is 11.4. The lowest BCUT2D eigenvalue weighted by Crippen LogP contribution is -2.29. The number of halogens is 1. The van der Waals surface area contributed by atoms with Gasteiger partial charge in [0.05, 0.1) is 17.2 Å². The first-order valence-electron chi connectivity index (χ1n) is 8.56. The van der Waals surface area contributed by atoms with Crippen molar-refractivity contribution in [2.24, 2.45) is 0 Å². The third-order valence-electron chi connectivity index (χ3n) is 3.77. The molecule has 0 heterocycles. The van der Waals surface area contributed by atoms with Gasteiger partial charge in [-0.05, 0) is 62.7 Å². The molecule has 138 valence electrons. The summed E-state index contributed by atoms with van der Waals surface area (Å²) in [5, 5.41) is 7.10. The van der Waals surface area contributed by atoms with E-state index in [9.17, 15) is 4.79 Å². The maximum absolute atomic E-state index is 11.7. The Morgan fingerprint density at radius 3 is 2.58 bits per heavy atom. The Kier molecular flexibility index (Phi) is 7.88. The molecule has 0 amide bonds. The molecule has 0 atom stereocenters.